The highest BCUT2D eigenvalue weighted by atomic mass is 16.5. The summed E-state index contributed by atoms with van der Waals surface area (Å²) in [4.78, 5) is 14.1. The van der Waals surface area contributed by atoms with E-state index in [-0.39, 0.29) is 12.0 Å². The lowest BCUT2D eigenvalue weighted by molar-refractivity contribution is -0.145. The lowest BCUT2D eigenvalue weighted by Crippen LogP contribution is -2.42. The van der Waals surface area contributed by atoms with E-state index in [2.05, 4.69) is 24.2 Å². The molecule has 5 nitrogen and oxygen atoms in total. The van der Waals surface area contributed by atoms with Crippen molar-refractivity contribution in [2.24, 2.45) is 0 Å². The molecule has 2 atom stereocenters. The molecule has 2 unspecified atom stereocenters. The Hall–Kier alpha value is -0.650. The summed E-state index contributed by atoms with van der Waals surface area (Å²) in [5.74, 6) is -0.132. The summed E-state index contributed by atoms with van der Waals surface area (Å²) >= 11 is 0. The van der Waals surface area contributed by atoms with Crippen LogP contribution >= 0.6 is 0 Å². The zero-order chi connectivity index (χ0) is 14.1. The third-order valence-electron chi connectivity index (χ3n) is 3.51. The Bertz CT molecular complexity index is 255. The number of nitrogens with zero attached hydrogens (tertiary/aromatic N) is 1. The van der Waals surface area contributed by atoms with E-state index in [1.807, 2.05) is 6.92 Å². The SMILES string of the molecule is CCCNC(CCN(C)C1CCOC1)C(=O)OCC. The van der Waals surface area contributed by atoms with Gasteiger partial charge >= 0.3 is 5.97 Å². The van der Waals surface area contributed by atoms with Crippen LogP contribution in [0.15, 0.2) is 0 Å². The molecule has 1 fully saturated rings. The first-order valence-corrected chi connectivity index (χ1v) is 7.37. The topological polar surface area (TPSA) is 50.8 Å². The second kappa shape index (κ2) is 9.28. The van der Waals surface area contributed by atoms with Crippen LogP contribution in [0.4, 0.5) is 0 Å². The van der Waals surface area contributed by atoms with Crippen LogP contribution in [0.5, 0.6) is 0 Å². The number of hydrogen-bond acceptors (Lipinski definition) is 5. The van der Waals surface area contributed by atoms with Crippen LogP contribution in [0.1, 0.15) is 33.1 Å². The number of carbonyl (C=O) groups is 1. The van der Waals surface area contributed by atoms with Crippen molar-refractivity contribution in [3.63, 3.8) is 0 Å². The standard InChI is InChI=1S/C14H28N2O3/c1-4-8-15-13(14(17)19-5-2)6-9-16(3)12-7-10-18-11-12/h12-13,15H,4-11H2,1-3H3. The Morgan fingerprint density at radius 2 is 2.32 bits per heavy atom. The Labute approximate surface area is 116 Å². The summed E-state index contributed by atoms with van der Waals surface area (Å²) in [5.41, 5.74) is 0. The molecule has 0 bridgehead atoms. The average molecular weight is 272 g/mol. The highest BCUT2D eigenvalue weighted by Crippen LogP contribution is 2.11. The molecular weight excluding hydrogens is 244 g/mol. The zero-order valence-electron chi connectivity index (χ0n) is 12.5. The van der Waals surface area contributed by atoms with Crippen LogP contribution in [-0.4, -0.2) is 62.9 Å². The fourth-order valence-corrected chi connectivity index (χ4v) is 2.25. The van der Waals surface area contributed by atoms with Crippen molar-refractivity contribution in [2.75, 3.05) is 40.0 Å². The molecule has 0 aromatic carbocycles. The van der Waals surface area contributed by atoms with E-state index in [1.54, 1.807) is 0 Å². The Kier molecular flexibility index (Phi) is 8.02. The lowest BCUT2D eigenvalue weighted by atomic mass is 10.1. The molecule has 0 aliphatic carbocycles. The van der Waals surface area contributed by atoms with Crippen LogP contribution < -0.4 is 5.32 Å². The van der Waals surface area contributed by atoms with Gasteiger partial charge in [0.2, 0.25) is 0 Å². The van der Waals surface area contributed by atoms with Crippen molar-refractivity contribution in [1.29, 1.82) is 0 Å². The lowest BCUT2D eigenvalue weighted by Gasteiger charge is -2.25. The highest BCUT2D eigenvalue weighted by molar-refractivity contribution is 5.75. The minimum absolute atomic E-state index is 0.132. The smallest absolute Gasteiger partial charge is 0.323 e. The molecule has 112 valence electrons. The number of nitrogens with one attached hydrogen (secondary N) is 1. The second-order valence-corrected chi connectivity index (χ2v) is 5.05. The van der Waals surface area contributed by atoms with Crippen LogP contribution in [0.2, 0.25) is 0 Å². The predicted molar refractivity (Wildman–Crippen MR) is 75.2 cm³/mol. The van der Waals surface area contributed by atoms with Gasteiger partial charge in [0, 0.05) is 19.2 Å². The first-order valence-electron chi connectivity index (χ1n) is 7.37. The maximum atomic E-state index is 11.9. The molecule has 1 aliphatic rings. The molecule has 19 heavy (non-hydrogen) atoms. The van der Waals surface area contributed by atoms with Crippen LogP contribution in [0.25, 0.3) is 0 Å². The summed E-state index contributed by atoms with van der Waals surface area (Å²) in [6.07, 6.45) is 2.89. The van der Waals surface area contributed by atoms with Crippen molar-refractivity contribution >= 4 is 5.97 Å². The van der Waals surface area contributed by atoms with Crippen molar-refractivity contribution in [1.82, 2.24) is 10.2 Å². The number of hydrogen-bond donors (Lipinski definition) is 1. The van der Waals surface area contributed by atoms with Gasteiger partial charge < -0.3 is 19.7 Å². The van der Waals surface area contributed by atoms with Crippen molar-refractivity contribution in [2.45, 2.75) is 45.2 Å². The molecule has 0 radical (unpaired) electrons. The van der Waals surface area contributed by atoms with Gasteiger partial charge in [0.1, 0.15) is 6.04 Å². The Morgan fingerprint density at radius 3 is 2.89 bits per heavy atom. The van der Waals surface area contributed by atoms with Gasteiger partial charge in [0.05, 0.1) is 13.2 Å². The van der Waals surface area contributed by atoms with Gasteiger partial charge in [-0.2, -0.15) is 0 Å². The van der Waals surface area contributed by atoms with Crippen LogP contribution in [0, 0.1) is 0 Å². The minimum atomic E-state index is -0.190. The van der Waals surface area contributed by atoms with E-state index >= 15 is 0 Å². The fourth-order valence-electron chi connectivity index (χ4n) is 2.25. The quantitative estimate of drug-likeness (QED) is 0.635. The summed E-state index contributed by atoms with van der Waals surface area (Å²) < 4.78 is 10.5. The molecule has 0 aromatic heterocycles. The molecule has 0 aromatic rings. The van der Waals surface area contributed by atoms with Gasteiger partial charge in [-0.15, -0.1) is 0 Å². The summed E-state index contributed by atoms with van der Waals surface area (Å²) in [5, 5.41) is 3.27. The summed E-state index contributed by atoms with van der Waals surface area (Å²) in [7, 11) is 2.10. The maximum Gasteiger partial charge on any atom is 0.323 e. The van der Waals surface area contributed by atoms with Gasteiger partial charge in [0.25, 0.3) is 0 Å². The predicted octanol–water partition coefficient (Wildman–Crippen LogP) is 1.03. The zero-order valence-corrected chi connectivity index (χ0v) is 12.5. The monoisotopic (exact) mass is 272 g/mol. The van der Waals surface area contributed by atoms with Crippen molar-refractivity contribution in [3.05, 3.63) is 0 Å². The molecule has 1 N–H and O–H groups in total. The molecule has 1 aliphatic heterocycles. The Balaban J connectivity index is 2.35. The van der Waals surface area contributed by atoms with Crippen LogP contribution in [0.3, 0.4) is 0 Å². The van der Waals surface area contributed by atoms with Gasteiger partial charge in [-0.3, -0.25) is 4.79 Å². The van der Waals surface area contributed by atoms with E-state index in [4.69, 9.17) is 9.47 Å². The van der Waals surface area contributed by atoms with E-state index in [9.17, 15) is 4.79 Å². The van der Waals surface area contributed by atoms with Gasteiger partial charge in [-0.05, 0) is 39.8 Å². The summed E-state index contributed by atoms with van der Waals surface area (Å²) in [6.45, 7) is 7.77. The first kappa shape index (κ1) is 16.4. The number of ether oxygens (including phenoxy) is 2. The highest BCUT2D eigenvalue weighted by Gasteiger charge is 2.23. The molecule has 1 saturated heterocycles. The number of likely N-dealkylation sites (N-methyl/N-ethyl adjacent to an activating group) is 1. The van der Waals surface area contributed by atoms with Gasteiger partial charge in [-0.1, -0.05) is 6.92 Å². The van der Waals surface area contributed by atoms with Gasteiger partial charge in [-0.25, -0.2) is 0 Å². The van der Waals surface area contributed by atoms with Crippen molar-refractivity contribution < 1.29 is 14.3 Å². The van der Waals surface area contributed by atoms with E-state index in [0.29, 0.717) is 12.6 Å². The number of esters is 1. The third kappa shape index (κ3) is 5.89. The van der Waals surface area contributed by atoms with Crippen LogP contribution in [-0.2, 0) is 14.3 Å². The fraction of sp³-hybridized carbons (Fsp3) is 0.929. The number of carbonyl (C=O) groups excluding carboxylic acids is 1. The number of rotatable bonds is 9. The molecule has 5 heteroatoms. The maximum absolute atomic E-state index is 11.9. The molecule has 1 rings (SSSR count). The molecule has 0 spiro atoms. The van der Waals surface area contributed by atoms with E-state index < -0.39 is 0 Å². The molecule has 0 saturated carbocycles. The second-order valence-electron chi connectivity index (χ2n) is 5.05. The average Bonchev–Trinajstić information content (AvgIpc) is 2.92. The normalized spacial score (nSPS) is 20.7. The van der Waals surface area contributed by atoms with Crippen molar-refractivity contribution in [3.8, 4) is 0 Å². The molecular formula is C14H28N2O3. The largest absolute Gasteiger partial charge is 0.465 e. The Morgan fingerprint density at radius 1 is 1.53 bits per heavy atom. The van der Waals surface area contributed by atoms with Gasteiger partial charge in [0.15, 0.2) is 0 Å². The molecule has 0 amide bonds. The van der Waals surface area contributed by atoms with E-state index in [0.717, 1.165) is 45.6 Å². The summed E-state index contributed by atoms with van der Waals surface area (Å²) in [6, 6.07) is 0.304. The first-order chi connectivity index (χ1) is 9.19. The van der Waals surface area contributed by atoms with E-state index in [1.165, 1.54) is 0 Å². The molecule has 1 heterocycles. The third-order valence-corrected chi connectivity index (χ3v) is 3.51. The minimum Gasteiger partial charge on any atom is -0.465 e.